The molecule has 4 spiro atoms. The van der Waals surface area contributed by atoms with Crippen LogP contribution in [0.5, 0.6) is 0 Å². The maximum Gasteiger partial charge on any atom is 0.339 e. The molecule has 9 aliphatic carbocycles. The van der Waals surface area contributed by atoms with E-state index in [-0.39, 0.29) is 47.4 Å². The number of aliphatic hydroxyl groups is 1. The first-order valence-corrected chi connectivity index (χ1v) is 30.2. The fraction of sp³-hybridized carbons (Fsp3) is 0.692. The number of piperidine rings is 2. The lowest BCUT2D eigenvalue weighted by molar-refractivity contribution is -0.282. The van der Waals surface area contributed by atoms with Crippen molar-refractivity contribution in [3.63, 3.8) is 0 Å². The van der Waals surface area contributed by atoms with Gasteiger partial charge in [0, 0.05) is 85.4 Å². The van der Waals surface area contributed by atoms with E-state index in [4.69, 9.17) is 15.2 Å². The second-order valence-electron chi connectivity index (χ2n) is 27.8. The topological polar surface area (TPSA) is 105 Å². The van der Waals surface area contributed by atoms with Crippen molar-refractivity contribution in [2.24, 2.45) is 98.9 Å². The predicted octanol–water partition coefficient (Wildman–Crippen LogP) is 11.2. The number of aliphatic hydroxyl groups excluding tert-OH is 1. The second kappa shape index (κ2) is 15.1. The van der Waals surface area contributed by atoms with Gasteiger partial charge in [0.1, 0.15) is 11.2 Å². The Kier molecular flexibility index (Phi) is 9.13. The first-order chi connectivity index (χ1) is 35.7. The van der Waals surface area contributed by atoms with Gasteiger partial charge in [-0.15, -0.1) is 0 Å². The Morgan fingerprint density at radius 3 is 2.70 bits per heavy atom. The highest BCUT2D eigenvalue weighted by Gasteiger charge is 2.94. The number of allylic oxidation sites excluding steroid dienone is 6. The number of hydrogen-bond acceptors (Lipinski definition) is 8. The van der Waals surface area contributed by atoms with Crippen LogP contribution in [0, 0.1) is 105 Å². The molecule has 8 nitrogen and oxygen atoms in total. The number of aryl methyl sites for hydroxylation is 1. The summed E-state index contributed by atoms with van der Waals surface area (Å²) in [6.45, 7) is 6.18. The highest BCUT2D eigenvalue weighted by molar-refractivity contribution is 6.00. The van der Waals surface area contributed by atoms with Crippen molar-refractivity contribution in [1.82, 2.24) is 9.80 Å². The largest absolute Gasteiger partial charge is 0.509 e. The molecule has 4 saturated carbocycles. The van der Waals surface area contributed by atoms with Gasteiger partial charge in [0.05, 0.1) is 11.0 Å². The van der Waals surface area contributed by atoms with Gasteiger partial charge < -0.3 is 25.2 Å². The normalized spacial score (nSPS) is 48.7. The van der Waals surface area contributed by atoms with E-state index in [9.17, 15) is 5.11 Å². The number of carbonyl (C=O) groups excluding carboxylic acids is 2. The number of rotatable bonds is 4. The molecule has 0 amide bonds. The van der Waals surface area contributed by atoms with Gasteiger partial charge in [-0.05, 0) is 173 Å². The fourth-order valence-electron chi connectivity index (χ4n) is 23.2. The van der Waals surface area contributed by atoms with Gasteiger partial charge in [-0.25, -0.2) is 4.79 Å². The molecule has 382 valence electrons. The van der Waals surface area contributed by atoms with Gasteiger partial charge in [-0.2, -0.15) is 0 Å². The number of hydrogen-bond donors (Lipinski definition) is 2. The molecule has 17 aliphatic rings. The van der Waals surface area contributed by atoms with Crippen molar-refractivity contribution in [3.05, 3.63) is 92.6 Å². The maximum absolute atomic E-state index is 16.6. The number of esters is 2. The Hall–Kier alpha value is -4.06. The van der Waals surface area contributed by atoms with E-state index in [1.807, 2.05) is 0 Å². The number of nitrogens with two attached hydrogens (primary N) is 1. The molecule has 7 fully saturated rings. The molecule has 19 unspecified atom stereocenters. The number of nitrogens with zero attached hydrogens (tertiary/aromatic N) is 2. The molecule has 73 heavy (non-hydrogen) atoms. The Bertz CT molecular complexity index is 2910. The first kappa shape index (κ1) is 44.1. The Balaban J connectivity index is 0.947. The molecule has 3 saturated heterocycles. The third-order valence-corrected chi connectivity index (χ3v) is 25.5. The average molecular weight is 980 g/mol. The van der Waals surface area contributed by atoms with E-state index < -0.39 is 16.4 Å². The van der Waals surface area contributed by atoms with Gasteiger partial charge >= 0.3 is 11.9 Å². The lowest BCUT2D eigenvalue weighted by Crippen LogP contribution is -2.78. The summed E-state index contributed by atoms with van der Waals surface area (Å²) in [5.41, 5.74) is 13.7. The summed E-state index contributed by atoms with van der Waals surface area (Å²) in [6, 6.07) is 6.99. The number of carbonyl (C=O) groups is 2. The van der Waals surface area contributed by atoms with E-state index in [1.165, 1.54) is 88.2 Å². The summed E-state index contributed by atoms with van der Waals surface area (Å²) in [5.74, 6) is 13.1. The molecule has 18 rings (SSSR count). The smallest absolute Gasteiger partial charge is 0.339 e. The Morgan fingerprint density at radius 1 is 0.904 bits per heavy atom. The van der Waals surface area contributed by atoms with Crippen molar-refractivity contribution in [2.75, 3.05) is 26.2 Å². The molecule has 0 radical (unpaired) electrons. The summed E-state index contributed by atoms with van der Waals surface area (Å²) >= 11 is 0. The second-order valence-corrected chi connectivity index (χ2v) is 27.8. The highest BCUT2D eigenvalue weighted by Crippen LogP contribution is 2.88. The minimum atomic E-state index is -1.15. The molecule has 19 atom stereocenters. The van der Waals surface area contributed by atoms with Crippen molar-refractivity contribution < 1.29 is 24.2 Å². The molecular weight excluding hydrogens is 903 g/mol. The Labute approximate surface area is 433 Å². The van der Waals surface area contributed by atoms with E-state index in [2.05, 4.69) is 65.0 Å². The standard InChI is InChI=1S/C65H77N3O5/c1-35-24-41-18-19-51-49-34-67-32-44-33-68(51)58(41)56-47-20-22-63-59(53(69)29-52(67)43-25-42-30-62(31-43)21-6-13-45(62)26-38(42)11-4-14-46(44)49)72-61(71)64(63)54(65(63)50-15-5-10-37(12-7-23-66)55(50)60(70)73-65)28-39(36-8-2-3-9-36)16-17-40(57(47)64)27-48(35)56/h5,10,15-17,26,35-36,39-40,42-46,48-49,51-52,54,56,69H,2-3,6-9,11-13,18-25,27-34,66H2,1H3. The van der Waals surface area contributed by atoms with E-state index in [0.717, 1.165) is 69.3 Å². The molecule has 8 heterocycles. The maximum atomic E-state index is 16.6. The minimum Gasteiger partial charge on any atom is -0.509 e. The first-order valence-electron chi connectivity index (χ1n) is 30.2. The van der Waals surface area contributed by atoms with Crippen LogP contribution < -0.4 is 5.73 Å². The molecule has 8 heteroatoms. The van der Waals surface area contributed by atoms with Crippen LogP contribution in [0.3, 0.4) is 0 Å². The molecule has 1 aromatic rings. The van der Waals surface area contributed by atoms with Gasteiger partial charge in [0.25, 0.3) is 0 Å². The predicted molar refractivity (Wildman–Crippen MR) is 278 cm³/mol. The quantitative estimate of drug-likeness (QED) is 0.175. The van der Waals surface area contributed by atoms with Crippen LogP contribution in [0.25, 0.3) is 0 Å². The SMILES string of the molecule is CC1CC2=C3C4C5=C6C(C=CC(C7CCCC7)CC7C68C(=O)OC(=C(O)CC6C9CC%10CC%11(CCCC%11C=C%10CC#CC%10C%11CN6CC%10C(CC2)N3C%11)C9)C8(CC5)C72OC(=O)c3c(CCCN)cccc32)CC14. The van der Waals surface area contributed by atoms with Crippen LogP contribution in [-0.4, -0.2) is 65.1 Å². The summed E-state index contributed by atoms with van der Waals surface area (Å²) in [7, 11) is 0. The van der Waals surface area contributed by atoms with Gasteiger partial charge in [-0.1, -0.05) is 91.2 Å². The van der Waals surface area contributed by atoms with Crippen LogP contribution in [0.2, 0.25) is 0 Å². The minimum absolute atomic E-state index is 0.0886. The Morgan fingerprint density at radius 2 is 1.81 bits per heavy atom. The fourth-order valence-corrected chi connectivity index (χ4v) is 23.2. The van der Waals surface area contributed by atoms with E-state index >= 15 is 9.59 Å². The lowest BCUT2D eigenvalue weighted by Gasteiger charge is -2.73. The third kappa shape index (κ3) is 5.26. The summed E-state index contributed by atoms with van der Waals surface area (Å²) < 4.78 is 14.7. The zero-order chi connectivity index (χ0) is 48.5. The van der Waals surface area contributed by atoms with Crippen molar-refractivity contribution in [3.8, 4) is 11.8 Å². The summed E-state index contributed by atoms with van der Waals surface area (Å²) in [5, 5.41) is 13.9. The van der Waals surface area contributed by atoms with Crippen LogP contribution in [0.15, 0.2) is 75.9 Å². The average Bonchev–Trinajstić information content (AvgIpc) is 4.30. The highest BCUT2D eigenvalue weighted by atomic mass is 16.6. The zero-order valence-corrected chi connectivity index (χ0v) is 43.4. The van der Waals surface area contributed by atoms with Crippen molar-refractivity contribution >= 4 is 11.9 Å². The monoisotopic (exact) mass is 980 g/mol. The molecule has 1 aromatic carbocycles. The van der Waals surface area contributed by atoms with Gasteiger partial charge in [-0.3, -0.25) is 9.69 Å². The van der Waals surface area contributed by atoms with E-state index in [0.29, 0.717) is 102 Å². The summed E-state index contributed by atoms with van der Waals surface area (Å²) in [6.07, 6.45) is 30.1. The third-order valence-electron chi connectivity index (χ3n) is 25.5. The number of fused-ring (bicyclic) bond motifs is 5. The van der Waals surface area contributed by atoms with Crippen LogP contribution in [0.4, 0.5) is 0 Å². The van der Waals surface area contributed by atoms with Gasteiger partial charge in [0.2, 0.25) is 0 Å². The van der Waals surface area contributed by atoms with Crippen molar-refractivity contribution in [1.29, 1.82) is 0 Å². The number of benzene rings is 1. The van der Waals surface area contributed by atoms with Crippen LogP contribution in [0.1, 0.15) is 157 Å². The molecular formula is C65H77N3O5. The van der Waals surface area contributed by atoms with Crippen LogP contribution >= 0.6 is 0 Å². The zero-order valence-electron chi connectivity index (χ0n) is 43.4. The molecule has 3 N–H and O–H groups in total. The van der Waals surface area contributed by atoms with E-state index in [1.54, 1.807) is 16.8 Å². The van der Waals surface area contributed by atoms with Crippen LogP contribution in [-0.2, 0) is 26.3 Å². The molecule has 8 aliphatic heterocycles. The number of ether oxygens (including phenoxy) is 2. The van der Waals surface area contributed by atoms with Gasteiger partial charge in [0.15, 0.2) is 11.4 Å². The summed E-state index contributed by atoms with van der Waals surface area (Å²) in [4.78, 5) is 37.8. The molecule has 11 bridgehead atoms. The van der Waals surface area contributed by atoms with Crippen molar-refractivity contribution in [2.45, 2.75) is 159 Å². The molecule has 0 aromatic heterocycles. The lowest BCUT2D eigenvalue weighted by atomic mass is 9.27.